The van der Waals surface area contributed by atoms with Gasteiger partial charge in [-0.1, -0.05) is 0 Å². The number of hydrogen-bond acceptors (Lipinski definition) is 8. The average Bonchev–Trinajstić information content (AvgIpc) is 3.09. The van der Waals surface area contributed by atoms with Crippen LogP contribution in [-0.4, -0.2) is 75.5 Å². The van der Waals surface area contributed by atoms with Gasteiger partial charge in [-0.3, -0.25) is 0 Å². The van der Waals surface area contributed by atoms with Crippen molar-refractivity contribution in [3.8, 4) is 0 Å². The van der Waals surface area contributed by atoms with Crippen LogP contribution in [0.4, 0.5) is 11.8 Å². The maximum absolute atomic E-state index is 11.8. The van der Waals surface area contributed by atoms with Crippen LogP contribution in [0.2, 0.25) is 0 Å². The minimum atomic E-state index is -2.99. The maximum atomic E-state index is 11.8. The van der Waals surface area contributed by atoms with Crippen LogP contribution >= 0.6 is 0 Å². The molecule has 8 nitrogen and oxygen atoms in total. The quantitative estimate of drug-likeness (QED) is 0.701. The van der Waals surface area contributed by atoms with Crippen molar-refractivity contribution in [2.45, 2.75) is 31.8 Å². The van der Waals surface area contributed by atoms with E-state index in [4.69, 9.17) is 0 Å². The smallest absolute Gasteiger partial charge is 0.227 e. The van der Waals surface area contributed by atoms with Gasteiger partial charge in [-0.15, -0.1) is 0 Å². The molecule has 3 rings (SSSR count). The van der Waals surface area contributed by atoms with E-state index in [1.807, 2.05) is 23.8 Å². The number of sulfone groups is 2. The van der Waals surface area contributed by atoms with Crippen molar-refractivity contribution in [3.05, 3.63) is 12.3 Å². The lowest BCUT2D eigenvalue weighted by Crippen LogP contribution is -2.38. The summed E-state index contributed by atoms with van der Waals surface area (Å²) in [5.74, 6) is 1.84. The fourth-order valence-corrected chi connectivity index (χ4v) is 7.03. The highest BCUT2D eigenvalue weighted by Crippen LogP contribution is 2.25. The Morgan fingerprint density at radius 3 is 2.20 bits per heavy atom. The van der Waals surface area contributed by atoms with E-state index >= 15 is 0 Å². The van der Waals surface area contributed by atoms with Crippen molar-refractivity contribution >= 4 is 31.4 Å². The Morgan fingerprint density at radius 2 is 1.68 bits per heavy atom. The van der Waals surface area contributed by atoms with Crippen LogP contribution in [0, 0.1) is 0 Å². The first-order chi connectivity index (χ1) is 11.7. The van der Waals surface area contributed by atoms with E-state index in [2.05, 4.69) is 9.97 Å². The average molecular weight is 389 g/mol. The summed E-state index contributed by atoms with van der Waals surface area (Å²) in [5.41, 5.74) is 0. The molecule has 0 bridgehead atoms. The summed E-state index contributed by atoms with van der Waals surface area (Å²) in [6.07, 6.45) is 2.82. The first-order valence-electron chi connectivity index (χ1n) is 8.44. The Morgan fingerprint density at radius 1 is 1.08 bits per heavy atom. The fourth-order valence-electron chi connectivity index (χ4n) is 3.53. The highest BCUT2D eigenvalue weighted by molar-refractivity contribution is 7.91. The van der Waals surface area contributed by atoms with Crippen LogP contribution < -0.4 is 9.80 Å². The second-order valence-corrected chi connectivity index (χ2v) is 11.2. The Hall–Kier alpha value is -1.42. The number of hydrogen-bond donors (Lipinski definition) is 0. The Labute approximate surface area is 149 Å². The predicted octanol–water partition coefficient (Wildman–Crippen LogP) is 0.113. The third-order valence-electron chi connectivity index (χ3n) is 4.99. The summed E-state index contributed by atoms with van der Waals surface area (Å²) in [4.78, 5) is 12.7. The van der Waals surface area contributed by atoms with Crippen LogP contribution in [0.3, 0.4) is 0 Å². The minimum Gasteiger partial charge on any atom is -0.355 e. The number of aromatic nitrogens is 2. The second kappa shape index (κ2) is 6.71. The molecule has 25 heavy (non-hydrogen) atoms. The number of rotatable bonds is 5. The molecule has 0 saturated carbocycles. The van der Waals surface area contributed by atoms with Gasteiger partial charge in [0, 0.05) is 31.9 Å². The molecule has 0 aromatic carbocycles. The molecule has 0 aliphatic carbocycles. The lowest BCUT2D eigenvalue weighted by molar-refractivity contribution is 0.598. The van der Waals surface area contributed by atoms with Gasteiger partial charge in [0.25, 0.3) is 0 Å². The molecule has 2 atom stereocenters. The third-order valence-corrected chi connectivity index (χ3v) is 8.49. The number of anilines is 2. The van der Waals surface area contributed by atoms with Gasteiger partial charge >= 0.3 is 0 Å². The first kappa shape index (κ1) is 18.4. The molecule has 0 N–H and O–H groups in total. The van der Waals surface area contributed by atoms with E-state index in [1.54, 1.807) is 12.3 Å². The highest BCUT2D eigenvalue weighted by Gasteiger charge is 2.34. The molecule has 3 heterocycles. The standard InChI is InChI=1S/C15H24N4O4S2/c1-3-19(13-6-9-25(22,23)11-13)15-16-7-4-14(17-15)18(2)12-5-8-24(20,21)10-12/h4,7,12-13H,3,5-6,8-11H2,1-2H3. The largest absolute Gasteiger partial charge is 0.355 e. The van der Waals surface area contributed by atoms with Gasteiger partial charge in [0.05, 0.1) is 23.0 Å². The highest BCUT2D eigenvalue weighted by atomic mass is 32.2. The van der Waals surface area contributed by atoms with Gasteiger partial charge in [-0.05, 0) is 25.8 Å². The molecule has 1 aromatic rings. The van der Waals surface area contributed by atoms with E-state index in [0.29, 0.717) is 31.2 Å². The molecule has 2 fully saturated rings. The SMILES string of the molecule is CCN(c1nccc(N(C)C2CCS(=O)(=O)C2)n1)C1CCS(=O)(=O)C1. The second-order valence-electron chi connectivity index (χ2n) is 6.73. The zero-order valence-electron chi connectivity index (χ0n) is 14.5. The summed E-state index contributed by atoms with van der Waals surface area (Å²) in [5, 5.41) is 0. The molecule has 140 valence electrons. The molecular weight excluding hydrogens is 364 g/mol. The molecule has 2 aliphatic rings. The summed E-state index contributed by atoms with van der Waals surface area (Å²) >= 11 is 0. The van der Waals surface area contributed by atoms with Crippen LogP contribution in [0.15, 0.2) is 12.3 Å². The zero-order valence-corrected chi connectivity index (χ0v) is 16.1. The van der Waals surface area contributed by atoms with Crippen molar-refractivity contribution < 1.29 is 16.8 Å². The van der Waals surface area contributed by atoms with Crippen LogP contribution in [-0.2, 0) is 19.7 Å². The summed E-state index contributed by atoms with van der Waals surface area (Å²) in [6.45, 7) is 2.57. The Kier molecular flexibility index (Phi) is 4.93. The summed E-state index contributed by atoms with van der Waals surface area (Å²) < 4.78 is 47.0. The third kappa shape index (κ3) is 4.05. The van der Waals surface area contributed by atoms with Crippen molar-refractivity contribution in [3.63, 3.8) is 0 Å². The van der Waals surface area contributed by atoms with Gasteiger partial charge in [0.1, 0.15) is 5.82 Å². The van der Waals surface area contributed by atoms with Crippen LogP contribution in [0.25, 0.3) is 0 Å². The summed E-state index contributed by atoms with van der Waals surface area (Å²) in [7, 11) is -4.11. The van der Waals surface area contributed by atoms with Gasteiger partial charge in [0.2, 0.25) is 5.95 Å². The molecule has 10 heteroatoms. The van der Waals surface area contributed by atoms with Crippen LogP contribution in [0.5, 0.6) is 0 Å². The van der Waals surface area contributed by atoms with Crippen LogP contribution in [0.1, 0.15) is 19.8 Å². The molecule has 0 radical (unpaired) electrons. The van der Waals surface area contributed by atoms with E-state index in [1.165, 1.54) is 0 Å². The van der Waals surface area contributed by atoms with E-state index in [0.717, 1.165) is 0 Å². The van der Waals surface area contributed by atoms with Gasteiger partial charge in [-0.2, -0.15) is 4.98 Å². The normalized spacial score (nSPS) is 27.3. The molecule has 0 amide bonds. The lowest BCUT2D eigenvalue weighted by atomic mass is 10.2. The number of nitrogens with zero attached hydrogens (tertiary/aromatic N) is 4. The topological polar surface area (TPSA) is 101 Å². The van der Waals surface area contributed by atoms with E-state index in [-0.39, 0.29) is 35.1 Å². The summed E-state index contributed by atoms with van der Waals surface area (Å²) in [6, 6.07) is 1.56. The van der Waals surface area contributed by atoms with Gasteiger partial charge in [0.15, 0.2) is 19.7 Å². The minimum absolute atomic E-state index is 0.0883. The van der Waals surface area contributed by atoms with Crippen molar-refractivity contribution in [1.29, 1.82) is 0 Å². The molecule has 2 unspecified atom stereocenters. The first-order valence-corrected chi connectivity index (χ1v) is 12.1. The molecule has 2 aliphatic heterocycles. The predicted molar refractivity (Wildman–Crippen MR) is 97.6 cm³/mol. The molecule has 0 spiro atoms. The van der Waals surface area contributed by atoms with Gasteiger partial charge in [-0.25, -0.2) is 21.8 Å². The van der Waals surface area contributed by atoms with Gasteiger partial charge < -0.3 is 9.80 Å². The Bertz CT molecular complexity index is 841. The maximum Gasteiger partial charge on any atom is 0.227 e. The zero-order chi connectivity index (χ0) is 18.2. The van der Waals surface area contributed by atoms with E-state index < -0.39 is 19.7 Å². The fraction of sp³-hybridized carbons (Fsp3) is 0.733. The Balaban J connectivity index is 1.81. The monoisotopic (exact) mass is 388 g/mol. The van der Waals surface area contributed by atoms with Crippen molar-refractivity contribution in [1.82, 2.24) is 9.97 Å². The molecule has 2 saturated heterocycles. The molecule has 1 aromatic heterocycles. The lowest BCUT2D eigenvalue weighted by Gasteiger charge is -2.29. The van der Waals surface area contributed by atoms with Crippen molar-refractivity contribution in [2.24, 2.45) is 0 Å². The van der Waals surface area contributed by atoms with Crippen molar-refractivity contribution in [2.75, 3.05) is 46.4 Å². The van der Waals surface area contributed by atoms with E-state index in [9.17, 15) is 16.8 Å². The molecular formula is C15H24N4O4S2.